The molecule has 1 N–H and O–H groups in total. The lowest BCUT2D eigenvalue weighted by atomic mass is 10.00. The summed E-state index contributed by atoms with van der Waals surface area (Å²) >= 11 is 1.40. The number of alkyl halides is 3. The molecule has 0 aliphatic carbocycles. The number of carbonyl (C=O) groups is 1. The van der Waals surface area contributed by atoms with Crippen LogP contribution in [0.3, 0.4) is 0 Å². The number of nitrogens with one attached hydrogen (secondary N) is 1. The number of halogens is 4. The Morgan fingerprint density at radius 2 is 1.74 bits per heavy atom. The third kappa shape index (κ3) is 5.13. The van der Waals surface area contributed by atoms with Crippen LogP contribution >= 0.6 is 11.3 Å². The minimum atomic E-state index is -4.40. The summed E-state index contributed by atoms with van der Waals surface area (Å²) in [5.41, 5.74) is 0.712. The normalized spacial score (nSPS) is 11.7. The van der Waals surface area contributed by atoms with Crippen LogP contribution in [0, 0.1) is 5.82 Å². The molecule has 0 bridgehead atoms. The minimum absolute atomic E-state index is 0.0636. The molecule has 0 spiro atoms. The number of hydrogen-bond donors (Lipinski definition) is 1. The Hall–Kier alpha value is -3.23. The standard InChI is InChI=1S/C26H21F4NO2S/c1-33-12-11-31-25(32)22-10-4-8-20(23(22)27)21-9-3-6-17-15-19(34-24(17)21)14-16-5-2-7-18(13-16)26(28,29)30/h2-10,13,15H,11-12,14H2,1H3,(H,31,32). The van der Waals surface area contributed by atoms with E-state index in [-0.39, 0.29) is 17.7 Å². The van der Waals surface area contributed by atoms with Crippen molar-refractivity contribution in [3.05, 3.63) is 94.1 Å². The summed E-state index contributed by atoms with van der Waals surface area (Å²) < 4.78 is 60.3. The quantitative estimate of drug-likeness (QED) is 0.233. The summed E-state index contributed by atoms with van der Waals surface area (Å²) in [6.07, 6.45) is -4.07. The molecule has 4 aromatic rings. The predicted molar refractivity (Wildman–Crippen MR) is 126 cm³/mol. The van der Waals surface area contributed by atoms with Crippen molar-refractivity contribution in [1.82, 2.24) is 5.32 Å². The van der Waals surface area contributed by atoms with Gasteiger partial charge >= 0.3 is 6.18 Å². The molecule has 8 heteroatoms. The van der Waals surface area contributed by atoms with E-state index in [1.807, 2.05) is 12.1 Å². The van der Waals surface area contributed by atoms with Crippen LogP contribution in [-0.2, 0) is 17.3 Å². The predicted octanol–water partition coefficient (Wildman–Crippen LogP) is 6.69. The molecule has 0 fully saturated rings. The molecule has 3 aromatic carbocycles. The number of rotatable bonds is 7. The van der Waals surface area contributed by atoms with Gasteiger partial charge in [-0.15, -0.1) is 11.3 Å². The first kappa shape index (κ1) is 23.9. The van der Waals surface area contributed by atoms with Gasteiger partial charge in [0.2, 0.25) is 0 Å². The van der Waals surface area contributed by atoms with E-state index in [1.165, 1.54) is 30.6 Å². The van der Waals surface area contributed by atoms with Crippen LogP contribution in [0.25, 0.3) is 21.2 Å². The Kier molecular flexibility index (Phi) is 7.00. The van der Waals surface area contributed by atoms with Crippen molar-refractivity contribution >= 4 is 27.3 Å². The van der Waals surface area contributed by atoms with Gasteiger partial charge in [-0.3, -0.25) is 4.79 Å². The van der Waals surface area contributed by atoms with Crippen molar-refractivity contribution in [3.8, 4) is 11.1 Å². The number of fused-ring (bicyclic) bond motifs is 1. The Morgan fingerprint density at radius 3 is 2.50 bits per heavy atom. The molecule has 3 nitrogen and oxygen atoms in total. The Balaban J connectivity index is 1.67. The minimum Gasteiger partial charge on any atom is -0.383 e. The molecule has 0 atom stereocenters. The Morgan fingerprint density at radius 1 is 1.00 bits per heavy atom. The van der Waals surface area contributed by atoms with E-state index in [4.69, 9.17) is 4.74 Å². The summed E-state index contributed by atoms with van der Waals surface area (Å²) in [5, 5.41) is 3.48. The Labute approximate surface area is 198 Å². The molecule has 4 rings (SSSR count). The van der Waals surface area contributed by atoms with Crippen LogP contribution in [0.15, 0.2) is 66.7 Å². The zero-order valence-corrected chi connectivity index (χ0v) is 19.0. The molecule has 1 aromatic heterocycles. The van der Waals surface area contributed by atoms with E-state index in [1.54, 1.807) is 30.3 Å². The highest BCUT2D eigenvalue weighted by Gasteiger charge is 2.30. The number of benzene rings is 3. The molecule has 0 radical (unpaired) electrons. The van der Waals surface area contributed by atoms with Crippen LogP contribution in [0.5, 0.6) is 0 Å². The van der Waals surface area contributed by atoms with Crippen LogP contribution in [0.4, 0.5) is 17.6 Å². The van der Waals surface area contributed by atoms with Crippen molar-refractivity contribution in [3.63, 3.8) is 0 Å². The summed E-state index contributed by atoms with van der Waals surface area (Å²) in [5.74, 6) is -1.15. The number of amides is 1. The van der Waals surface area contributed by atoms with Gasteiger partial charge in [-0.25, -0.2) is 4.39 Å². The van der Waals surface area contributed by atoms with Crippen molar-refractivity contribution in [2.75, 3.05) is 20.3 Å². The van der Waals surface area contributed by atoms with Gasteiger partial charge in [-0.05, 0) is 29.1 Å². The second-order valence-electron chi connectivity index (χ2n) is 7.73. The van der Waals surface area contributed by atoms with E-state index < -0.39 is 23.5 Å². The lowest BCUT2D eigenvalue weighted by Gasteiger charge is -2.10. The lowest BCUT2D eigenvalue weighted by Crippen LogP contribution is -2.27. The fourth-order valence-corrected chi connectivity index (χ4v) is 4.97. The zero-order chi connectivity index (χ0) is 24.3. The van der Waals surface area contributed by atoms with E-state index in [0.717, 1.165) is 27.1 Å². The van der Waals surface area contributed by atoms with Gasteiger partial charge in [-0.1, -0.05) is 48.5 Å². The van der Waals surface area contributed by atoms with Crippen LogP contribution in [0.2, 0.25) is 0 Å². The molecule has 176 valence electrons. The van der Waals surface area contributed by atoms with Gasteiger partial charge < -0.3 is 10.1 Å². The average molecular weight is 488 g/mol. The summed E-state index contributed by atoms with van der Waals surface area (Å²) in [6.45, 7) is 0.578. The molecule has 34 heavy (non-hydrogen) atoms. The smallest absolute Gasteiger partial charge is 0.383 e. The monoisotopic (exact) mass is 487 g/mol. The molecule has 0 aliphatic rings. The van der Waals surface area contributed by atoms with Gasteiger partial charge in [0.1, 0.15) is 5.82 Å². The third-order valence-electron chi connectivity index (χ3n) is 5.35. The van der Waals surface area contributed by atoms with Crippen LogP contribution in [0.1, 0.15) is 26.4 Å². The van der Waals surface area contributed by atoms with E-state index >= 15 is 4.39 Å². The molecule has 0 saturated carbocycles. The lowest BCUT2D eigenvalue weighted by molar-refractivity contribution is -0.137. The second-order valence-corrected chi connectivity index (χ2v) is 8.86. The summed E-state index contributed by atoms with van der Waals surface area (Å²) in [6, 6.07) is 17.3. The molecular formula is C26H21F4NO2S. The first-order chi connectivity index (χ1) is 16.3. The van der Waals surface area contributed by atoms with Crippen LogP contribution < -0.4 is 5.32 Å². The van der Waals surface area contributed by atoms with Crippen molar-refractivity contribution in [1.29, 1.82) is 0 Å². The van der Waals surface area contributed by atoms with E-state index in [9.17, 15) is 18.0 Å². The molecule has 1 amide bonds. The van der Waals surface area contributed by atoms with Crippen LogP contribution in [-0.4, -0.2) is 26.2 Å². The van der Waals surface area contributed by atoms with Crippen molar-refractivity contribution in [2.24, 2.45) is 0 Å². The van der Waals surface area contributed by atoms with Crippen molar-refractivity contribution in [2.45, 2.75) is 12.6 Å². The van der Waals surface area contributed by atoms with Gasteiger partial charge in [0, 0.05) is 40.8 Å². The first-order valence-electron chi connectivity index (χ1n) is 10.5. The maximum atomic E-state index is 15.4. The maximum absolute atomic E-state index is 15.4. The first-order valence-corrected chi connectivity index (χ1v) is 11.3. The number of carbonyl (C=O) groups excluding carboxylic acids is 1. The zero-order valence-electron chi connectivity index (χ0n) is 18.2. The highest BCUT2D eigenvalue weighted by molar-refractivity contribution is 7.19. The summed E-state index contributed by atoms with van der Waals surface area (Å²) in [7, 11) is 1.51. The number of ether oxygens (including phenoxy) is 1. The second kappa shape index (κ2) is 9.95. The highest BCUT2D eigenvalue weighted by atomic mass is 32.1. The molecular weight excluding hydrogens is 466 g/mol. The van der Waals surface area contributed by atoms with E-state index in [0.29, 0.717) is 24.2 Å². The molecule has 0 saturated heterocycles. The Bertz CT molecular complexity index is 1330. The molecule has 0 unspecified atom stereocenters. The van der Waals surface area contributed by atoms with Crippen molar-refractivity contribution < 1.29 is 27.1 Å². The fourth-order valence-electron chi connectivity index (χ4n) is 3.75. The van der Waals surface area contributed by atoms with Gasteiger partial charge in [-0.2, -0.15) is 13.2 Å². The van der Waals surface area contributed by atoms with Gasteiger partial charge in [0.25, 0.3) is 5.91 Å². The summed E-state index contributed by atoms with van der Waals surface area (Å²) in [4.78, 5) is 13.3. The van der Waals surface area contributed by atoms with E-state index in [2.05, 4.69) is 5.32 Å². The third-order valence-corrected chi connectivity index (χ3v) is 6.54. The SMILES string of the molecule is COCCNC(=O)c1cccc(-c2cccc3cc(Cc4cccc(C(F)(F)F)c4)sc23)c1F. The van der Waals surface area contributed by atoms with Gasteiger partial charge in [0.15, 0.2) is 0 Å². The number of hydrogen-bond acceptors (Lipinski definition) is 3. The number of methoxy groups -OCH3 is 1. The maximum Gasteiger partial charge on any atom is 0.416 e. The largest absolute Gasteiger partial charge is 0.416 e. The topological polar surface area (TPSA) is 38.3 Å². The molecule has 0 aliphatic heterocycles. The molecule has 1 heterocycles. The highest BCUT2D eigenvalue weighted by Crippen LogP contribution is 2.38. The van der Waals surface area contributed by atoms with Gasteiger partial charge in [0.05, 0.1) is 17.7 Å². The fraction of sp³-hybridized carbons (Fsp3) is 0.192. The average Bonchev–Trinajstić information content (AvgIpc) is 3.21. The number of thiophene rings is 1.